The smallest absolute Gasteiger partial charge is 0.285 e. The standard InChI is InChI=1S/C8H18ClO4P/c1-4-6-7-12-8(3,11-5-2)13-14(9)10/h10H,4-7H2,1-3H3. The summed E-state index contributed by atoms with van der Waals surface area (Å²) in [7, 11) is -2.00. The van der Waals surface area contributed by atoms with Crippen LogP contribution in [0.5, 0.6) is 0 Å². The van der Waals surface area contributed by atoms with Crippen molar-refractivity contribution in [3.05, 3.63) is 0 Å². The molecule has 0 aromatic carbocycles. The number of halogens is 1. The molecular formula is C8H18ClO4P. The highest BCUT2D eigenvalue weighted by Gasteiger charge is 2.29. The van der Waals surface area contributed by atoms with Crippen LogP contribution in [0, 0.1) is 0 Å². The number of hydrogen-bond acceptors (Lipinski definition) is 4. The van der Waals surface area contributed by atoms with Crippen molar-refractivity contribution < 1.29 is 18.9 Å². The topological polar surface area (TPSA) is 47.9 Å². The molecule has 0 radical (unpaired) electrons. The van der Waals surface area contributed by atoms with Gasteiger partial charge in [-0.05, 0) is 24.6 Å². The highest BCUT2D eigenvalue weighted by atomic mass is 35.7. The lowest BCUT2D eigenvalue weighted by molar-refractivity contribution is -0.329. The van der Waals surface area contributed by atoms with Crippen LogP contribution in [0.4, 0.5) is 0 Å². The van der Waals surface area contributed by atoms with Gasteiger partial charge in [-0.2, -0.15) is 0 Å². The number of rotatable bonds is 8. The van der Waals surface area contributed by atoms with Gasteiger partial charge < -0.3 is 14.4 Å². The van der Waals surface area contributed by atoms with Crippen LogP contribution in [0.2, 0.25) is 0 Å². The summed E-state index contributed by atoms with van der Waals surface area (Å²) in [5.74, 6) is -1.23. The fourth-order valence-electron chi connectivity index (χ4n) is 0.895. The molecule has 0 aliphatic heterocycles. The van der Waals surface area contributed by atoms with Gasteiger partial charge in [0.1, 0.15) is 0 Å². The van der Waals surface area contributed by atoms with E-state index in [-0.39, 0.29) is 0 Å². The highest BCUT2D eigenvalue weighted by Crippen LogP contribution is 2.42. The summed E-state index contributed by atoms with van der Waals surface area (Å²) >= 11 is 5.35. The Morgan fingerprint density at radius 1 is 1.36 bits per heavy atom. The van der Waals surface area contributed by atoms with Crippen LogP contribution < -0.4 is 0 Å². The van der Waals surface area contributed by atoms with Gasteiger partial charge in [-0.15, -0.1) is 0 Å². The molecule has 14 heavy (non-hydrogen) atoms. The minimum Gasteiger partial charge on any atom is -0.338 e. The molecule has 0 rings (SSSR count). The molecule has 86 valence electrons. The molecule has 0 aromatic heterocycles. The molecule has 0 aliphatic carbocycles. The Labute approximate surface area is 91.2 Å². The zero-order chi connectivity index (χ0) is 11.0. The van der Waals surface area contributed by atoms with E-state index in [1.54, 1.807) is 6.92 Å². The minimum atomic E-state index is -2.00. The van der Waals surface area contributed by atoms with E-state index in [1.807, 2.05) is 6.92 Å². The molecule has 0 aliphatic rings. The van der Waals surface area contributed by atoms with Gasteiger partial charge in [-0.3, -0.25) is 4.52 Å². The fourth-order valence-corrected chi connectivity index (χ4v) is 1.65. The quantitative estimate of drug-likeness (QED) is 0.405. The molecule has 0 amide bonds. The van der Waals surface area contributed by atoms with Crippen molar-refractivity contribution >= 4 is 19.0 Å². The van der Waals surface area contributed by atoms with E-state index in [4.69, 9.17) is 30.1 Å². The molecule has 0 saturated heterocycles. The fraction of sp³-hybridized carbons (Fsp3) is 1.00. The minimum absolute atomic E-state index is 0.433. The molecule has 1 N–H and O–H groups in total. The van der Waals surface area contributed by atoms with Crippen molar-refractivity contribution in [3.63, 3.8) is 0 Å². The molecular weight excluding hydrogens is 227 g/mol. The third-order valence-corrected chi connectivity index (χ3v) is 2.20. The number of unbranched alkanes of at least 4 members (excludes halogenated alkanes) is 1. The molecule has 6 heteroatoms. The van der Waals surface area contributed by atoms with Gasteiger partial charge in [-0.1, -0.05) is 13.3 Å². The lowest BCUT2D eigenvalue weighted by Crippen LogP contribution is -2.34. The van der Waals surface area contributed by atoms with Gasteiger partial charge in [0.15, 0.2) is 0 Å². The van der Waals surface area contributed by atoms with Crippen molar-refractivity contribution in [2.75, 3.05) is 13.2 Å². The number of ether oxygens (including phenoxy) is 2. The average molecular weight is 245 g/mol. The molecule has 0 bridgehead atoms. The Bertz CT molecular complexity index is 147. The Hall–Kier alpha value is 0.560. The van der Waals surface area contributed by atoms with Gasteiger partial charge in [0.05, 0.1) is 6.61 Å². The summed E-state index contributed by atoms with van der Waals surface area (Å²) < 4.78 is 15.5. The highest BCUT2D eigenvalue weighted by molar-refractivity contribution is 7.75. The van der Waals surface area contributed by atoms with Crippen molar-refractivity contribution in [1.82, 2.24) is 0 Å². The first-order valence-electron chi connectivity index (χ1n) is 4.66. The zero-order valence-corrected chi connectivity index (χ0v) is 10.5. The van der Waals surface area contributed by atoms with Gasteiger partial charge >= 0.3 is 0 Å². The molecule has 0 aromatic rings. The van der Waals surface area contributed by atoms with Gasteiger partial charge in [-0.25, -0.2) is 0 Å². The van der Waals surface area contributed by atoms with E-state index in [2.05, 4.69) is 6.92 Å². The van der Waals surface area contributed by atoms with Crippen LogP contribution in [0.25, 0.3) is 0 Å². The third-order valence-electron chi connectivity index (χ3n) is 1.51. The van der Waals surface area contributed by atoms with Crippen LogP contribution in [0.1, 0.15) is 33.6 Å². The van der Waals surface area contributed by atoms with E-state index in [0.29, 0.717) is 13.2 Å². The zero-order valence-electron chi connectivity index (χ0n) is 8.83. The van der Waals surface area contributed by atoms with Crippen molar-refractivity contribution in [1.29, 1.82) is 0 Å². The van der Waals surface area contributed by atoms with Gasteiger partial charge in [0, 0.05) is 13.5 Å². The average Bonchev–Trinajstić information content (AvgIpc) is 2.03. The van der Waals surface area contributed by atoms with Crippen molar-refractivity contribution in [2.45, 2.75) is 39.6 Å². The summed E-state index contributed by atoms with van der Waals surface area (Å²) in [5, 5.41) is 0. The largest absolute Gasteiger partial charge is 0.338 e. The molecule has 2 atom stereocenters. The Kier molecular flexibility index (Phi) is 8.11. The first kappa shape index (κ1) is 14.6. The van der Waals surface area contributed by atoms with E-state index in [0.717, 1.165) is 12.8 Å². The monoisotopic (exact) mass is 244 g/mol. The van der Waals surface area contributed by atoms with Crippen LogP contribution >= 0.6 is 19.0 Å². The molecule has 0 saturated carbocycles. The maximum Gasteiger partial charge on any atom is 0.285 e. The molecule has 4 nitrogen and oxygen atoms in total. The summed E-state index contributed by atoms with van der Waals surface area (Å²) in [4.78, 5) is 8.92. The summed E-state index contributed by atoms with van der Waals surface area (Å²) in [6.45, 7) is 6.43. The van der Waals surface area contributed by atoms with E-state index in [9.17, 15) is 0 Å². The first-order valence-corrected chi connectivity index (χ1v) is 6.77. The van der Waals surface area contributed by atoms with E-state index in [1.165, 1.54) is 0 Å². The lowest BCUT2D eigenvalue weighted by atomic mass is 10.4. The Morgan fingerprint density at radius 3 is 2.43 bits per heavy atom. The number of hydrogen-bond donors (Lipinski definition) is 1. The predicted octanol–water partition coefficient (Wildman–Crippen LogP) is 2.99. The maximum absolute atomic E-state index is 8.92. The van der Waals surface area contributed by atoms with Crippen molar-refractivity contribution in [2.24, 2.45) is 0 Å². The van der Waals surface area contributed by atoms with Gasteiger partial charge in [0.2, 0.25) is 0 Å². The van der Waals surface area contributed by atoms with Crippen LogP contribution in [0.15, 0.2) is 0 Å². The second-order valence-electron chi connectivity index (χ2n) is 2.81. The molecule has 0 heterocycles. The molecule has 2 unspecified atom stereocenters. The Morgan fingerprint density at radius 2 is 2.00 bits per heavy atom. The van der Waals surface area contributed by atoms with Crippen LogP contribution in [-0.4, -0.2) is 24.1 Å². The first-order chi connectivity index (χ1) is 6.54. The summed E-state index contributed by atoms with van der Waals surface area (Å²) in [5.41, 5.74) is 0. The van der Waals surface area contributed by atoms with E-state index < -0.39 is 13.7 Å². The van der Waals surface area contributed by atoms with Crippen LogP contribution in [-0.2, 0) is 14.0 Å². The van der Waals surface area contributed by atoms with Crippen LogP contribution in [0.3, 0.4) is 0 Å². The lowest BCUT2D eigenvalue weighted by Gasteiger charge is -2.28. The normalized spacial score (nSPS) is 17.8. The second-order valence-corrected chi connectivity index (χ2v) is 4.32. The summed E-state index contributed by atoms with van der Waals surface area (Å²) in [6, 6.07) is 0. The van der Waals surface area contributed by atoms with Crippen molar-refractivity contribution in [3.8, 4) is 0 Å². The second kappa shape index (κ2) is 7.80. The molecule has 0 spiro atoms. The SMILES string of the molecule is CCCCOC(C)(OCC)OP(O)Cl. The maximum atomic E-state index is 8.92. The summed E-state index contributed by atoms with van der Waals surface area (Å²) in [6.07, 6.45) is 1.94. The Balaban J connectivity index is 3.95. The van der Waals surface area contributed by atoms with E-state index >= 15 is 0 Å². The predicted molar refractivity (Wildman–Crippen MR) is 57.0 cm³/mol. The third kappa shape index (κ3) is 6.93. The molecule has 0 fully saturated rings. The van der Waals surface area contributed by atoms with Gasteiger partial charge in [0.25, 0.3) is 13.7 Å².